The Balaban J connectivity index is 1.49. The van der Waals surface area contributed by atoms with Crippen molar-refractivity contribution in [1.82, 2.24) is 10.0 Å². The highest BCUT2D eigenvalue weighted by molar-refractivity contribution is 7.92. The fourth-order valence-electron chi connectivity index (χ4n) is 3.75. The third-order valence-corrected chi connectivity index (χ3v) is 7.53. The summed E-state index contributed by atoms with van der Waals surface area (Å²) in [7, 11) is -3.84. The van der Waals surface area contributed by atoms with Crippen molar-refractivity contribution in [3.63, 3.8) is 0 Å². The second-order valence-corrected chi connectivity index (χ2v) is 10.6. The van der Waals surface area contributed by atoms with Crippen molar-refractivity contribution in [2.24, 2.45) is 0 Å². The van der Waals surface area contributed by atoms with E-state index in [1.165, 1.54) is 22.3 Å². The molecule has 1 atom stereocenters. The predicted molar refractivity (Wildman–Crippen MR) is 118 cm³/mol. The second-order valence-electron chi connectivity index (χ2n) is 7.26. The van der Waals surface area contributed by atoms with Crippen molar-refractivity contribution >= 4 is 50.6 Å². The van der Waals surface area contributed by atoms with Gasteiger partial charge in [0.1, 0.15) is 11.9 Å². The van der Waals surface area contributed by atoms with Crippen molar-refractivity contribution < 1.29 is 17.6 Å². The number of anilines is 1. The fourth-order valence-corrected chi connectivity index (χ4v) is 5.82. The van der Waals surface area contributed by atoms with Gasteiger partial charge in [-0.25, -0.2) is 12.8 Å². The number of thiophene rings is 1. The van der Waals surface area contributed by atoms with Crippen LogP contribution in [0.2, 0.25) is 4.34 Å². The summed E-state index contributed by atoms with van der Waals surface area (Å²) in [5.74, 6) is -0.834. The number of halogens is 2. The molecule has 2 aliphatic rings. The Morgan fingerprint density at radius 3 is 2.90 bits per heavy atom. The number of carbonyl (C=O) groups excluding carboxylic acids is 1. The Kier molecular flexibility index (Phi) is 6.26. The Labute approximate surface area is 183 Å². The smallest absolute Gasteiger partial charge is 0.245 e. The van der Waals surface area contributed by atoms with E-state index in [2.05, 4.69) is 10.0 Å². The third kappa shape index (κ3) is 4.60. The number of rotatable bonds is 5. The van der Waals surface area contributed by atoms with Crippen LogP contribution in [0.1, 0.15) is 28.8 Å². The molecule has 1 aromatic heterocycles. The molecule has 0 unspecified atom stereocenters. The molecule has 1 amide bonds. The second kappa shape index (κ2) is 8.76. The molecular weight excluding hydrogens is 449 g/mol. The highest BCUT2D eigenvalue weighted by Crippen LogP contribution is 2.30. The molecular formula is C20H21ClFN3O3S2. The summed E-state index contributed by atoms with van der Waals surface area (Å²) in [5.41, 5.74) is 1.74. The molecule has 2 aromatic rings. The van der Waals surface area contributed by atoms with Crippen LogP contribution >= 0.6 is 22.9 Å². The summed E-state index contributed by atoms with van der Waals surface area (Å²) in [6.45, 7) is 1.68. The van der Waals surface area contributed by atoms with Crippen molar-refractivity contribution in [2.75, 3.05) is 18.0 Å². The van der Waals surface area contributed by atoms with Crippen LogP contribution in [0.25, 0.3) is 6.08 Å². The quantitative estimate of drug-likeness (QED) is 0.704. The Bertz CT molecular complexity index is 1100. The lowest BCUT2D eigenvalue weighted by Crippen LogP contribution is -2.41. The molecule has 30 heavy (non-hydrogen) atoms. The zero-order valence-corrected chi connectivity index (χ0v) is 18.4. The lowest BCUT2D eigenvalue weighted by molar-refractivity contribution is -0.118. The maximum atomic E-state index is 15.2. The fraction of sp³-hybridized carbons (Fsp3) is 0.350. The van der Waals surface area contributed by atoms with Crippen molar-refractivity contribution in [3.05, 3.63) is 55.8 Å². The molecule has 3 heterocycles. The molecule has 1 fully saturated rings. The zero-order valence-electron chi connectivity index (χ0n) is 16.0. The molecule has 1 aromatic carbocycles. The first-order chi connectivity index (χ1) is 14.3. The van der Waals surface area contributed by atoms with E-state index < -0.39 is 22.0 Å². The molecule has 10 heteroatoms. The summed E-state index contributed by atoms with van der Waals surface area (Å²) in [4.78, 5) is 14.9. The third-order valence-electron chi connectivity index (χ3n) is 5.22. The van der Waals surface area contributed by atoms with Crippen molar-refractivity contribution in [3.8, 4) is 0 Å². The summed E-state index contributed by atoms with van der Waals surface area (Å²) >= 11 is 7.09. The van der Waals surface area contributed by atoms with Gasteiger partial charge in [0, 0.05) is 23.4 Å². The Morgan fingerprint density at radius 2 is 2.13 bits per heavy atom. The van der Waals surface area contributed by atoms with Gasteiger partial charge >= 0.3 is 0 Å². The minimum absolute atomic E-state index is 0.214. The van der Waals surface area contributed by atoms with Crippen LogP contribution in [0, 0.1) is 5.82 Å². The number of hydrogen-bond donors (Lipinski definition) is 2. The van der Waals surface area contributed by atoms with Crippen molar-refractivity contribution in [1.29, 1.82) is 0 Å². The predicted octanol–water partition coefficient (Wildman–Crippen LogP) is 3.27. The lowest BCUT2D eigenvalue weighted by Gasteiger charge is -2.20. The average molecular weight is 470 g/mol. The van der Waals surface area contributed by atoms with Crippen LogP contribution in [-0.2, 0) is 27.8 Å². The number of sulfonamides is 1. The largest absolute Gasteiger partial charge is 0.313 e. The van der Waals surface area contributed by atoms with Gasteiger partial charge in [-0.05, 0) is 61.2 Å². The van der Waals surface area contributed by atoms with Crippen LogP contribution in [0.4, 0.5) is 10.1 Å². The molecule has 160 valence electrons. The number of fused-ring (bicyclic) bond motifs is 1. The lowest BCUT2D eigenvalue weighted by atomic mass is 10.0. The molecule has 4 rings (SSSR count). The van der Waals surface area contributed by atoms with E-state index in [1.807, 2.05) is 6.07 Å². The van der Waals surface area contributed by atoms with Crippen LogP contribution < -0.4 is 14.9 Å². The van der Waals surface area contributed by atoms with E-state index in [0.29, 0.717) is 27.7 Å². The minimum atomic E-state index is -3.84. The van der Waals surface area contributed by atoms with Gasteiger partial charge in [0.25, 0.3) is 0 Å². The topological polar surface area (TPSA) is 78.5 Å². The zero-order chi connectivity index (χ0) is 21.3. The van der Waals surface area contributed by atoms with Gasteiger partial charge in [-0.15, -0.1) is 11.3 Å². The van der Waals surface area contributed by atoms with E-state index in [4.69, 9.17) is 11.6 Å². The maximum Gasteiger partial charge on any atom is 0.245 e. The number of hydrogen-bond acceptors (Lipinski definition) is 5. The summed E-state index contributed by atoms with van der Waals surface area (Å²) in [6, 6.07) is 5.90. The average Bonchev–Trinajstić information content (AvgIpc) is 3.17. The Morgan fingerprint density at radius 1 is 1.30 bits per heavy atom. The molecule has 0 radical (unpaired) electrons. The van der Waals surface area contributed by atoms with E-state index in [9.17, 15) is 13.2 Å². The number of nitrogens with zero attached hydrogens (tertiary/aromatic N) is 1. The standard InChI is InChI=1S/C20H21ClFN3O3S2/c21-18-6-4-14(29-18)8-11-30(27,28)24-16-7-10-25(20(16)26)17-5-3-13-12-23-9-1-2-15(13)19(17)22/h3-6,8,11,16,23-24H,1-2,7,9-10,12H2/t16-/m0/s1. The number of carbonyl (C=O) groups is 1. The van der Waals surface area contributed by atoms with E-state index in [0.717, 1.165) is 23.9 Å². The molecule has 6 nitrogen and oxygen atoms in total. The van der Waals surface area contributed by atoms with Crippen molar-refractivity contribution in [2.45, 2.75) is 31.8 Å². The van der Waals surface area contributed by atoms with Crippen LogP contribution in [0.3, 0.4) is 0 Å². The van der Waals surface area contributed by atoms with E-state index in [-0.39, 0.29) is 24.5 Å². The van der Waals surface area contributed by atoms with Gasteiger partial charge < -0.3 is 10.2 Å². The number of amides is 1. The SMILES string of the molecule is O=C1[C@@H](NS(=O)(=O)C=Cc2ccc(Cl)s2)CCN1c1ccc2c(c1F)CCCNC2. The number of benzene rings is 1. The summed E-state index contributed by atoms with van der Waals surface area (Å²) in [6.07, 6.45) is 3.13. The molecule has 2 N–H and O–H groups in total. The minimum Gasteiger partial charge on any atom is -0.313 e. The Hall–Kier alpha value is -1.78. The normalized spacial score (nSPS) is 20.0. The summed E-state index contributed by atoms with van der Waals surface area (Å²) in [5, 5.41) is 4.26. The van der Waals surface area contributed by atoms with Gasteiger partial charge in [-0.1, -0.05) is 17.7 Å². The van der Waals surface area contributed by atoms with E-state index >= 15 is 4.39 Å². The first-order valence-electron chi connectivity index (χ1n) is 9.62. The molecule has 0 bridgehead atoms. The van der Waals surface area contributed by atoms with Gasteiger partial charge in [0.05, 0.1) is 10.0 Å². The molecule has 0 aliphatic carbocycles. The number of nitrogens with one attached hydrogen (secondary N) is 2. The molecule has 2 aliphatic heterocycles. The highest BCUT2D eigenvalue weighted by Gasteiger charge is 2.36. The van der Waals surface area contributed by atoms with Crippen LogP contribution in [0.15, 0.2) is 29.7 Å². The van der Waals surface area contributed by atoms with Crippen LogP contribution in [-0.4, -0.2) is 33.5 Å². The van der Waals surface area contributed by atoms with Gasteiger partial charge in [-0.3, -0.25) is 4.79 Å². The molecule has 1 saturated heterocycles. The van der Waals surface area contributed by atoms with Gasteiger partial charge in [-0.2, -0.15) is 4.72 Å². The molecule has 0 saturated carbocycles. The summed E-state index contributed by atoms with van der Waals surface area (Å²) < 4.78 is 42.9. The van der Waals surface area contributed by atoms with Gasteiger partial charge in [0.15, 0.2) is 0 Å². The van der Waals surface area contributed by atoms with Gasteiger partial charge in [0.2, 0.25) is 15.9 Å². The first kappa shape index (κ1) is 21.5. The highest BCUT2D eigenvalue weighted by atomic mass is 35.5. The monoisotopic (exact) mass is 469 g/mol. The van der Waals surface area contributed by atoms with Crippen LogP contribution in [0.5, 0.6) is 0 Å². The first-order valence-corrected chi connectivity index (χ1v) is 12.4. The maximum absolute atomic E-state index is 15.2. The van der Waals surface area contributed by atoms with E-state index in [1.54, 1.807) is 18.2 Å². The molecule has 0 spiro atoms.